The van der Waals surface area contributed by atoms with Crippen LogP contribution in [0.1, 0.15) is 89.5 Å². The summed E-state index contributed by atoms with van der Waals surface area (Å²) in [6.45, 7) is 2.78. The first kappa shape index (κ1) is 28.5. The van der Waals surface area contributed by atoms with Crippen molar-refractivity contribution in [2.75, 3.05) is 13.2 Å². The summed E-state index contributed by atoms with van der Waals surface area (Å²) < 4.78 is 13.0. The zero-order chi connectivity index (χ0) is 23.4. The van der Waals surface area contributed by atoms with Gasteiger partial charge in [-0.2, -0.15) is 0 Å². The van der Waals surface area contributed by atoms with E-state index in [9.17, 15) is 14.6 Å². The van der Waals surface area contributed by atoms with Gasteiger partial charge in [0.1, 0.15) is 5.82 Å². The lowest BCUT2D eigenvalue weighted by molar-refractivity contribution is 0.134. The van der Waals surface area contributed by atoms with Gasteiger partial charge in [0, 0.05) is 6.54 Å². The van der Waals surface area contributed by atoms with Crippen molar-refractivity contribution in [3.05, 3.63) is 41.7 Å². The number of aliphatic hydroxyl groups excluding tert-OH is 2. The molecule has 32 heavy (non-hydrogen) atoms. The molecule has 0 saturated carbocycles. The Labute approximate surface area is 199 Å². The Bertz CT molecular complexity index is 625. The fourth-order valence-corrected chi connectivity index (χ4v) is 3.80. The van der Waals surface area contributed by atoms with Crippen molar-refractivity contribution in [1.82, 2.24) is 10.6 Å². The molecule has 0 aliphatic rings. The molecule has 0 aliphatic carbocycles. The number of hydrogen-bond acceptors (Lipinski definition) is 3. The third kappa shape index (κ3) is 14.5. The fraction of sp³-hybridized carbons (Fsp3) is 0.654. The van der Waals surface area contributed by atoms with Crippen LogP contribution in [-0.2, 0) is 0 Å². The highest BCUT2D eigenvalue weighted by Crippen LogP contribution is 2.12. The summed E-state index contributed by atoms with van der Waals surface area (Å²) in [6, 6.07) is 5.38. The van der Waals surface area contributed by atoms with E-state index < -0.39 is 12.1 Å². The number of hydrogen-bond donors (Lipinski definition) is 4. The lowest BCUT2D eigenvalue weighted by atomic mass is 10.1. The number of unbranched alkanes of at least 4 members (excludes halogenated alkanes) is 11. The van der Waals surface area contributed by atoms with E-state index in [0.29, 0.717) is 5.11 Å². The van der Waals surface area contributed by atoms with Crippen molar-refractivity contribution in [3.8, 4) is 0 Å². The lowest BCUT2D eigenvalue weighted by Gasteiger charge is -2.22. The summed E-state index contributed by atoms with van der Waals surface area (Å²) in [7, 11) is 0. The number of thiocarbonyl (C=S) groups is 1. The maximum atomic E-state index is 13.0. The Morgan fingerprint density at radius 2 is 1.47 bits per heavy atom. The summed E-state index contributed by atoms with van der Waals surface area (Å²) in [6.07, 6.45) is 18.1. The minimum absolute atomic E-state index is 0.255. The number of aliphatic hydroxyl groups is 2. The van der Waals surface area contributed by atoms with E-state index in [2.05, 4.69) is 17.6 Å². The monoisotopic (exact) mass is 466 g/mol. The Balaban J connectivity index is 2.07. The van der Waals surface area contributed by atoms with Crippen LogP contribution in [-0.4, -0.2) is 40.6 Å². The molecule has 0 amide bonds. The summed E-state index contributed by atoms with van der Waals surface area (Å²) >= 11 is 5.28. The molecule has 4 N–H and O–H groups in total. The Hall–Kier alpha value is -1.50. The molecule has 4 nitrogen and oxygen atoms in total. The average molecular weight is 467 g/mol. The van der Waals surface area contributed by atoms with Crippen LogP contribution in [0.2, 0.25) is 0 Å². The van der Waals surface area contributed by atoms with Crippen molar-refractivity contribution < 1.29 is 14.6 Å². The Kier molecular flexibility index (Phi) is 17.0. The van der Waals surface area contributed by atoms with Crippen molar-refractivity contribution in [2.24, 2.45) is 0 Å². The highest BCUT2D eigenvalue weighted by molar-refractivity contribution is 7.80. The molecule has 0 fully saturated rings. The molecule has 0 radical (unpaired) electrons. The van der Waals surface area contributed by atoms with Gasteiger partial charge in [0.2, 0.25) is 0 Å². The number of nitrogens with one attached hydrogen (secondary N) is 2. The van der Waals surface area contributed by atoms with Crippen LogP contribution in [0.25, 0.3) is 6.08 Å². The maximum Gasteiger partial charge on any atom is 0.166 e. The van der Waals surface area contributed by atoms with E-state index in [1.165, 1.54) is 82.8 Å². The van der Waals surface area contributed by atoms with Crippen LogP contribution < -0.4 is 10.6 Å². The van der Waals surface area contributed by atoms with Gasteiger partial charge in [0.05, 0.1) is 18.8 Å². The molecule has 6 heteroatoms. The predicted molar refractivity (Wildman–Crippen MR) is 137 cm³/mol. The van der Waals surface area contributed by atoms with Gasteiger partial charge in [-0.1, -0.05) is 102 Å². The van der Waals surface area contributed by atoms with Gasteiger partial charge in [0.25, 0.3) is 0 Å². The summed E-state index contributed by atoms with van der Waals surface area (Å²) in [5.41, 5.74) is 0.773. The van der Waals surface area contributed by atoms with Gasteiger partial charge >= 0.3 is 0 Å². The topological polar surface area (TPSA) is 64.5 Å². The maximum absolute atomic E-state index is 13.0. The number of benzene rings is 1. The standard InChI is InChI=1S/C26H43FN2O2S/c1-2-3-4-5-6-7-8-9-10-11-12-13-20-28-26(32)29-24(21-30)25(31)19-16-22-14-17-23(27)18-15-22/h14-19,24-25,30-31H,2-13,20-21H2,1H3,(H2,28,29,32). The summed E-state index contributed by atoms with van der Waals surface area (Å²) in [5, 5.41) is 26.4. The van der Waals surface area contributed by atoms with Crippen LogP contribution in [0.3, 0.4) is 0 Å². The van der Waals surface area contributed by atoms with E-state index >= 15 is 0 Å². The molecule has 0 aromatic heterocycles. The van der Waals surface area contributed by atoms with E-state index in [-0.39, 0.29) is 12.4 Å². The van der Waals surface area contributed by atoms with Crippen LogP contribution in [0.5, 0.6) is 0 Å². The predicted octanol–water partition coefficient (Wildman–Crippen LogP) is 5.73. The molecular formula is C26H43FN2O2S. The van der Waals surface area contributed by atoms with Gasteiger partial charge < -0.3 is 20.8 Å². The van der Waals surface area contributed by atoms with Crippen LogP contribution in [0, 0.1) is 5.82 Å². The SMILES string of the molecule is CCCCCCCCCCCCCCNC(=S)NC(CO)C(O)C=Cc1ccc(F)cc1. The average Bonchev–Trinajstić information content (AvgIpc) is 2.80. The van der Waals surface area contributed by atoms with Gasteiger partial charge in [-0.25, -0.2) is 4.39 Å². The van der Waals surface area contributed by atoms with E-state index in [1.807, 2.05) is 0 Å². The third-order valence-corrected chi connectivity index (χ3v) is 5.86. The largest absolute Gasteiger partial charge is 0.394 e. The molecular weight excluding hydrogens is 423 g/mol. The normalized spacial score (nSPS) is 13.2. The fourth-order valence-electron chi connectivity index (χ4n) is 3.54. The van der Waals surface area contributed by atoms with Crippen LogP contribution in [0.4, 0.5) is 4.39 Å². The molecule has 0 bridgehead atoms. The van der Waals surface area contributed by atoms with Gasteiger partial charge in [-0.15, -0.1) is 0 Å². The van der Waals surface area contributed by atoms with E-state index in [0.717, 1.165) is 18.5 Å². The van der Waals surface area contributed by atoms with Crippen molar-refractivity contribution in [3.63, 3.8) is 0 Å². The molecule has 0 spiro atoms. The lowest BCUT2D eigenvalue weighted by Crippen LogP contribution is -2.49. The van der Waals surface area contributed by atoms with Crippen LogP contribution >= 0.6 is 12.2 Å². The highest BCUT2D eigenvalue weighted by atomic mass is 32.1. The summed E-state index contributed by atoms with van der Waals surface area (Å²) in [4.78, 5) is 0. The first-order valence-corrected chi connectivity index (χ1v) is 12.7. The van der Waals surface area contributed by atoms with Crippen molar-refractivity contribution >= 4 is 23.4 Å². The molecule has 182 valence electrons. The molecule has 0 aliphatic heterocycles. The Morgan fingerprint density at radius 1 is 0.938 bits per heavy atom. The van der Waals surface area contributed by atoms with E-state index in [1.54, 1.807) is 24.3 Å². The molecule has 0 saturated heterocycles. The van der Waals surface area contributed by atoms with Gasteiger partial charge in [0.15, 0.2) is 5.11 Å². The van der Waals surface area contributed by atoms with Crippen molar-refractivity contribution in [2.45, 2.75) is 96.1 Å². The number of halogens is 1. The van der Waals surface area contributed by atoms with Crippen LogP contribution in [0.15, 0.2) is 30.3 Å². The van der Waals surface area contributed by atoms with E-state index in [4.69, 9.17) is 12.2 Å². The zero-order valence-corrected chi connectivity index (χ0v) is 20.5. The molecule has 1 aromatic rings. The minimum atomic E-state index is -0.920. The third-order valence-electron chi connectivity index (χ3n) is 5.60. The smallest absolute Gasteiger partial charge is 0.166 e. The molecule has 0 heterocycles. The second-order valence-electron chi connectivity index (χ2n) is 8.48. The molecule has 1 rings (SSSR count). The second kappa shape index (κ2) is 19.0. The minimum Gasteiger partial charge on any atom is -0.394 e. The zero-order valence-electron chi connectivity index (χ0n) is 19.7. The first-order chi connectivity index (χ1) is 15.6. The van der Waals surface area contributed by atoms with Gasteiger partial charge in [-0.3, -0.25) is 0 Å². The van der Waals surface area contributed by atoms with Crippen molar-refractivity contribution in [1.29, 1.82) is 0 Å². The quantitative estimate of drug-likeness (QED) is 0.164. The second-order valence-corrected chi connectivity index (χ2v) is 8.89. The summed E-state index contributed by atoms with van der Waals surface area (Å²) in [5.74, 6) is -0.304. The van der Waals surface area contributed by atoms with Gasteiger partial charge in [-0.05, 0) is 36.3 Å². The molecule has 2 atom stereocenters. The molecule has 2 unspecified atom stereocenters. The first-order valence-electron chi connectivity index (χ1n) is 12.3. The highest BCUT2D eigenvalue weighted by Gasteiger charge is 2.16. The Morgan fingerprint density at radius 3 is 2.00 bits per heavy atom. The number of rotatable bonds is 18. The molecule has 1 aromatic carbocycles.